The minimum absolute atomic E-state index is 0.172. The molecule has 2 fully saturated rings. The molecule has 0 spiro atoms. The van der Waals surface area contributed by atoms with Crippen LogP contribution in [0.2, 0.25) is 0 Å². The molecule has 1 N–H and O–H groups in total. The van der Waals surface area contributed by atoms with Gasteiger partial charge in [-0.15, -0.1) is 0 Å². The van der Waals surface area contributed by atoms with Crippen molar-refractivity contribution in [3.05, 3.63) is 0 Å². The summed E-state index contributed by atoms with van der Waals surface area (Å²) >= 11 is 1.74. The van der Waals surface area contributed by atoms with Crippen LogP contribution in [0.4, 0.5) is 0 Å². The van der Waals surface area contributed by atoms with Gasteiger partial charge in [0.15, 0.2) is 5.17 Å². The number of amides is 1. The van der Waals surface area contributed by atoms with Crippen LogP contribution in [0.3, 0.4) is 0 Å². The Hall–Kier alpha value is -0.710. The van der Waals surface area contributed by atoms with Crippen molar-refractivity contribution in [1.82, 2.24) is 10.2 Å². The molecule has 4 nitrogen and oxygen atoms in total. The maximum Gasteiger partial charge on any atom is 0.244 e. The number of thioether (sulfide) groups is 1. The largest absolute Gasteiger partial charge is 0.362 e. The van der Waals surface area contributed by atoms with E-state index in [4.69, 9.17) is 0 Å². The molecule has 2 rings (SSSR count). The SMILES string of the molecule is CC(C)(C)C1CCSC(=NCC(=O)N2CCCC2)N1. The van der Waals surface area contributed by atoms with E-state index in [-0.39, 0.29) is 11.3 Å². The highest BCUT2D eigenvalue weighted by molar-refractivity contribution is 8.13. The molecule has 0 aliphatic carbocycles. The van der Waals surface area contributed by atoms with Crippen LogP contribution in [0.5, 0.6) is 0 Å². The van der Waals surface area contributed by atoms with Gasteiger partial charge < -0.3 is 10.2 Å². The van der Waals surface area contributed by atoms with E-state index >= 15 is 0 Å². The summed E-state index contributed by atoms with van der Waals surface area (Å²) < 4.78 is 0. The summed E-state index contributed by atoms with van der Waals surface area (Å²) in [5.74, 6) is 1.26. The Morgan fingerprint density at radius 3 is 2.74 bits per heavy atom. The molecule has 0 aromatic heterocycles. The van der Waals surface area contributed by atoms with Crippen LogP contribution < -0.4 is 5.32 Å². The maximum absolute atomic E-state index is 11.9. The van der Waals surface area contributed by atoms with Gasteiger partial charge in [-0.05, 0) is 24.7 Å². The second-order valence-corrected chi connectivity index (χ2v) is 7.49. The minimum Gasteiger partial charge on any atom is -0.362 e. The number of carbonyl (C=O) groups is 1. The number of nitrogens with one attached hydrogen (secondary N) is 1. The van der Waals surface area contributed by atoms with Crippen LogP contribution in [0.25, 0.3) is 0 Å². The number of amidine groups is 1. The molecule has 108 valence electrons. The topological polar surface area (TPSA) is 44.7 Å². The molecule has 0 saturated carbocycles. The van der Waals surface area contributed by atoms with Gasteiger partial charge in [0.2, 0.25) is 5.91 Å². The third kappa shape index (κ3) is 4.13. The van der Waals surface area contributed by atoms with Crippen molar-refractivity contribution in [3.63, 3.8) is 0 Å². The Kier molecular flexibility index (Phi) is 4.76. The number of rotatable bonds is 2. The molecule has 19 heavy (non-hydrogen) atoms. The van der Waals surface area contributed by atoms with E-state index in [0.29, 0.717) is 12.6 Å². The summed E-state index contributed by atoms with van der Waals surface area (Å²) in [6.07, 6.45) is 3.44. The first kappa shape index (κ1) is 14.7. The molecule has 1 unspecified atom stereocenters. The average molecular weight is 283 g/mol. The van der Waals surface area contributed by atoms with Crippen molar-refractivity contribution < 1.29 is 4.79 Å². The van der Waals surface area contributed by atoms with Crippen LogP contribution in [0.15, 0.2) is 4.99 Å². The predicted molar refractivity (Wildman–Crippen MR) is 81.6 cm³/mol. The normalized spacial score (nSPS) is 26.6. The lowest BCUT2D eigenvalue weighted by molar-refractivity contribution is -0.128. The summed E-state index contributed by atoms with van der Waals surface area (Å²) in [7, 11) is 0. The van der Waals surface area contributed by atoms with Gasteiger partial charge in [0.05, 0.1) is 0 Å². The average Bonchev–Trinajstić information content (AvgIpc) is 2.89. The quantitative estimate of drug-likeness (QED) is 0.844. The van der Waals surface area contributed by atoms with Crippen molar-refractivity contribution >= 4 is 22.8 Å². The Bertz CT molecular complexity index is 356. The van der Waals surface area contributed by atoms with Gasteiger partial charge in [-0.1, -0.05) is 32.5 Å². The molecular weight excluding hydrogens is 258 g/mol. The van der Waals surface area contributed by atoms with Gasteiger partial charge >= 0.3 is 0 Å². The molecule has 2 saturated heterocycles. The van der Waals surface area contributed by atoms with E-state index in [0.717, 1.165) is 43.3 Å². The van der Waals surface area contributed by atoms with Crippen LogP contribution >= 0.6 is 11.8 Å². The number of hydrogen-bond donors (Lipinski definition) is 1. The highest BCUT2D eigenvalue weighted by Crippen LogP contribution is 2.27. The fraction of sp³-hybridized carbons (Fsp3) is 0.857. The Labute approximate surface area is 120 Å². The molecule has 0 bridgehead atoms. The monoisotopic (exact) mass is 283 g/mol. The highest BCUT2D eigenvalue weighted by Gasteiger charge is 2.28. The van der Waals surface area contributed by atoms with E-state index in [1.807, 2.05) is 4.90 Å². The van der Waals surface area contributed by atoms with E-state index in [9.17, 15) is 4.79 Å². The number of aliphatic imine (C=N–C) groups is 1. The molecule has 0 radical (unpaired) electrons. The van der Waals surface area contributed by atoms with Crippen molar-refractivity contribution in [2.24, 2.45) is 10.4 Å². The second-order valence-electron chi connectivity index (χ2n) is 6.41. The van der Waals surface area contributed by atoms with Gasteiger partial charge in [0.25, 0.3) is 0 Å². The summed E-state index contributed by atoms with van der Waals surface area (Å²) in [5.41, 5.74) is 0.237. The Morgan fingerprint density at radius 2 is 2.11 bits per heavy atom. The first-order valence-corrected chi connectivity index (χ1v) is 8.17. The molecular formula is C14H25N3OS. The number of likely N-dealkylation sites (tertiary alicyclic amines) is 1. The van der Waals surface area contributed by atoms with Crippen molar-refractivity contribution in [2.75, 3.05) is 25.4 Å². The first-order valence-electron chi connectivity index (χ1n) is 7.18. The zero-order valence-electron chi connectivity index (χ0n) is 12.2. The molecule has 0 aromatic rings. The fourth-order valence-electron chi connectivity index (χ4n) is 2.48. The van der Waals surface area contributed by atoms with Crippen LogP contribution in [-0.4, -0.2) is 47.4 Å². The fourth-order valence-corrected chi connectivity index (χ4v) is 3.41. The first-order chi connectivity index (χ1) is 8.97. The molecule has 0 aromatic carbocycles. The zero-order valence-corrected chi connectivity index (χ0v) is 13.1. The lowest BCUT2D eigenvalue weighted by Gasteiger charge is -2.35. The van der Waals surface area contributed by atoms with Crippen molar-refractivity contribution in [3.8, 4) is 0 Å². The molecule has 2 heterocycles. The highest BCUT2D eigenvalue weighted by atomic mass is 32.2. The van der Waals surface area contributed by atoms with Gasteiger partial charge in [0.1, 0.15) is 6.54 Å². The summed E-state index contributed by atoms with van der Waals surface area (Å²) in [6.45, 7) is 8.85. The van der Waals surface area contributed by atoms with E-state index in [1.165, 1.54) is 0 Å². The van der Waals surface area contributed by atoms with Crippen LogP contribution in [0, 0.1) is 5.41 Å². The Morgan fingerprint density at radius 1 is 1.42 bits per heavy atom. The van der Waals surface area contributed by atoms with Crippen molar-refractivity contribution in [2.45, 2.75) is 46.1 Å². The Balaban J connectivity index is 1.86. The van der Waals surface area contributed by atoms with Crippen LogP contribution in [-0.2, 0) is 4.79 Å². The van der Waals surface area contributed by atoms with Gasteiger partial charge in [-0.25, -0.2) is 0 Å². The van der Waals surface area contributed by atoms with Crippen LogP contribution in [0.1, 0.15) is 40.0 Å². The lowest BCUT2D eigenvalue weighted by atomic mass is 9.85. The summed E-state index contributed by atoms with van der Waals surface area (Å²) in [5, 5.41) is 4.42. The zero-order chi connectivity index (χ0) is 13.9. The van der Waals surface area contributed by atoms with Gasteiger partial charge in [-0.3, -0.25) is 9.79 Å². The second kappa shape index (κ2) is 6.16. The molecule has 2 aliphatic rings. The minimum atomic E-state index is 0.172. The van der Waals surface area contributed by atoms with E-state index in [2.05, 4.69) is 31.1 Å². The third-order valence-electron chi connectivity index (χ3n) is 3.81. The number of carbonyl (C=O) groups excluding carboxylic acids is 1. The maximum atomic E-state index is 11.9. The van der Waals surface area contributed by atoms with Gasteiger partial charge in [-0.2, -0.15) is 0 Å². The number of nitrogens with zero attached hydrogens (tertiary/aromatic N) is 2. The molecule has 2 aliphatic heterocycles. The molecule has 1 atom stereocenters. The standard InChI is InChI=1S/C14H25N3OS/c1-14(2,3)11-6-9-19-13(16-11)15-10-12(18)17-7-4-5-8-17/h11H,4-10H2,1-3H3,(H,15,16). The van der Waals surface area contributed by atoms with E-state index in [1.54, 1.807) is 11.8 Å². The predicted octanol–water partition coefficient (Wildman–Crippen LogP) is 2.11. The van der Waals surface area contributed by atoms with Gasteiger partial charge in [0, 0.05) is 24.9 Å². The van der Waals surface area contributed by atoms with Crippen molar-refractivity contribution in [1.29, 1.82) is 0 Å². The summed E-state index contributed by atoms with van der Waals surface area (Å²) in [6, 6.07) is 0.453. The number of hydrogen-bond acceptors (Lipinski definition) is 3. The molecule has 1 amide bonds. The summed E-state index contributed by atoms with van der Waals surface area (Å²) in [4.78, 5) is 18.3. The molecule has 5 heteroatoms. The lowest BCUT2D eigenvalue weighted by Crippen LogP contribution is -2.46. The third-order valence-corrected chi connectivity index (χ3v) is 4.77. The van der Waals surface area contributed by atoms with E-state index < -0.39 is 0 Å². The smallest absolute Gasteiger partial charge is 0.244 e.